The van der Waals surface area contributed by atoms with Gasteiger partial charge in [-0.1, -0.05) is 41.9 Å². The summed E-state index contributed by atoms with van der Waals surface area (Å²) in [5.74, 6) is 0.909. The van der Waals surface area contributed by atoms with Crippen LogP contribution in [0.3, 0.4) is 0 Å². The van der Waals surface area contributed by atoms with Gasteiger partial charge in [0.1, 0.15) is 11.9 Å². The predicted octanol–water partition coefficient (Wildman–Crippen LogP) is 5.02. The Bertz CT molecular complexity index is 965. The molecule has 1 fully saturated rings. The average Bonchev–Trinajstić information content (AvgIpc) is 3.20. The number of hydrogen-bond donors (Lipinski definition) is 0. The van der Waals surface area contributed by atoms with Gasteiger partial charge in [0.2, 0.25) is 0 Å². The van der Waals surface area contributed by atoms with Crippen LogP contribution in [0.4, 0.5) is 4.39 Å². The normalized spacial score (nSPS) is 17.0. The lowest BCUT2D eigenvalue weighted by Crippen LogP contribution is -2.38. The Balaban J connectivity index is 1.63. The summed E-state index contributed by atoms with van der Waals surface area (Å²) in [5.41, 5.74) is 1.89. The Hall–Kier alpha value is -2.31. The summed E-state index contributed by atoms with van der Waals surface area (Å²) in [7, 11) is 0. The van der Waals surface area contributed by atoms with Gasteiger partial charge in [0.15, 0.2) is 5.82 Å². The van der Waals surface area contributed by atoms with E-state index in [1.54, 1.807) is 10.7 Å². The van der Waals surface area contributed by atoms with Gasteiger partial charge in [-0.2, -0.15) is 0 Å². The molecule has 0 aliphatic carbocycles. The summed E-state index contributed by atoms with van der Waals surface area (Å²) in [4.78, 5) is 2.30. The van der Waals surface area contributed by atoms with E-state index in [0.717, 1.165) is 31.0 Å². The summed E-state index contributed by atoms with van der Waals surface area (Å²) < 4.78 is 16.6. The van der Waals surface area contributed by atoms with Gasteiger partial charge in [0.05, 0.1) is 6.04 Å². The van der Waals surface area contributed by atoms with E-state index < -0.39 is 0 Å². The molecule has 5 nitrogen and oxygen atoms in total. The van der Waals surface area contributed by atoms with Crippen LogP contribution in [0.2, 0.25) is 5.02 Å². The minimum atomic E-state index is -0.311. The molecule has 152 valence electrons. The van der Waals surface area contributed by atoms with Gasteiger partial charge >= 0.3 is 0 Å². The minimum Gasteiger partial charge on any atom is -0.290 e. The zero-order valence-corrected chi connectivity index (χ0v) is 17.4. The summed E-state index contributed by atoms with van der Waals surface area (Å²) in [6.07, 6.45) is 1.96. The van der Waals surface area contributed by atoms with Gasteiger partial charge in [0, 0.05) is 10.6 Å². The second-order valence-electron chi connectivity index (χ2n) is 7.86. The molecule has 1 aromatic heterocycles. The SMILES string of the molecule is CC(C)n1nnnc1C(c1ccccc1F)N1CCC(c2cccc(Cl)c2)CC1. The number of halogens is 2. The molecule has 0 radical (unpaired) electrons. The fourth-order valence-electron chi connectivity index (χ4n) is 4.20. The highest BCUT2D eigenvalue weighted by atomic mass is 35.5. The van der Waals surface area contributed by atoms with E-state index >= 15 is 0 Å². The number of hydrogen-bond acceptors (Lipinski definition) is 4. The maximum atomic E-state index is 14.8. The number of tetrazole rings is 1. The molecule has 1 saturated heterocycles. The molecule has 1 aliphatic heterocycles. The van der Waals surface area contributed by atoms with Gasteiger partial charge in [-0.3, -0.25) is 4.90 Å². The zero-order valence-electron chi connectivity index (χ0n) is 16.7. The highest BCUT2D eigenvalue weighted by molar-refractivity contribution is 6.30. The van der Waals surface area contributed by atoms with Crippen molar-refractivity contribution in [3.05, 3.63) is 76.3 Å². The fourth-order valence-corrected chi connectivity index (χ4v) is 4.39. The molecule has 1 atom stereocenters. The van der Waals surface area contributed by atoms with Gasteiger partial charge in [0.25, 0.3) is 0 Å². The molecule has 3 aromatic rings. The number of nitrogens with zero attached hydrogens (tertiary/aromatic N) is 5. The van der Waals surface area contributed by atoms with Crippen LogP contribution in [-0.4, -0.2) is 38.2 Å². The lowest BCUT2D eigenvalue weighted by Gasteiger charge is -2.37. The van der Waals surface area contributed by atoms with Crippen molar-refractivity contribution in [1.82, 2.24) is 25.1 Å². The molecule has 2 aromatic carbocycles. The van der Waals surface area contributed by atoms with Crippen LogP contribution in [0.1, 0.15) is 61.6 Å². The maximum Gasteiger partial charge on any atom is 0.173 e. The highest BCUT2D eigenvalue weighted by Crippen LogP contribution is 2.36. The molecule has 0 spiro atoms. The number of benzene rings is 2. The van der Waals surface area contributed by atoms with Crippen LogP contribution in [0.25, 0.3) is 0 Å². The molecule has 4 rings (SSSR count). The van der Waals surface area contributed by atoms with Crippen molar-refractivity contribution in [2.75, 3.05) is 13.1 Å². The summed E-state index contributed by atoms with van der Waals surface area (Å²) in [6.45, 7) is 5.73. The van der Waals surface area contributed by atoms with Crippen molar-refractivity contribution in [1.29, 1.82) is 0 Å². The van der Waals surface area contributed by atoms with E-state index in [0.29, 0.717) is 17.3 Å². The van der Waals surface area contributed by atoms with E-state index in [1.165, 1.54) is 11.6 Å². The first-order valence-electron chi connectivity index (χ1n) is 10.1. The van der Waals surface area contributed by atoms with Crippen molar-refractivity contribution in [2.45, 2.75) is 44.7 Å². The topological polar surface area (TPSA) is 46.8 Å². The first kappa shape index (κ1) is 20.0. The van der Waals surface area contributed by atoms with E-state index in [4.69, 9.17) is 11.6 Å². The predicted molar refractivity (Wildman–Crippen MR) is 111 cm³/mol. The van der Waals surface area contributed by atoms with Crippen molar-refractivity contribution >= 4 is 11.6 Å². The first-order valence-corrected chi connectivity index (χ1v) is 10.4. The van der Waals surface area contributed by atoms with E-state index in [-0.39, 0.29) is 17.9 Å². The molecular formula is C22H25ClFN5. The Morgan fingerprint density at radius 3 is 2.52 bits per heavy atom. The largest absolute Gasteiger partial charge is 0.290 e. The molecule has 7 heteroatoms. The van der Waals surface area contributed by atoms with Crippen LogP contribution < -0.4 is 0 Å². The molecule has 1 unspecified atom stereocenters. The lowest BCUT2D eigenvalue weighted by molar-refractivity contribution is 0.161. The van der Waals surface area contributed by atoms with Crippen LogP contribution >= 0.6 is 11.6 Å². The van der Waals surface area contributed by atoms with E-state index in [9.17, 15) is 4.39 Å². The van der Waals surface area contributed by atoms with Gasteiger partial charge < -0.3 is 0 Å². The number of aromatic nitrogens is 4. The average molecular weight is 414 g/mol. The van der Waals surface area contributed by atoms with E-state index in [2.05, 4.69) is 32.6 Å². The summed E-state index contributed by atoms with van der Waals surface area (Å²) in [6, 6.07) is 14.8. The molecule has 2 heterocycles. The standard InChI is InChI=1S/C22H25ClFN5/c1-15(2)29-22(25-26-27-29)21(19-8-3-4-9-20(19)24)28-12-10-16(11-13-28)17-6-5-7-18(23)14-17/h3-9,14-16,21H,10-13H2,1-2H3. The fraction of sp³-hybridized carbons (Fsp3) is 0.409. The van der Waals surface area contributed by atoms with Crippen molar-refractivity contribution in [3.8, 4) is 0 Å². The number of likely N-dealkylation sites (tertiary alicyclic amines) is 1. The highest BCUT2D eigenvalue weighted by Gasteiger charge is 2.33. The Morgan fingerprint density at radius 2 is 1.83 bits per heavy atom. The molecule has 0 bridgehead atoms. The molecule has 0 saturated carbocycles. The van der Waals surface area contributed by atoms with Crippen LogP contribution in [-0.2, 0) is 0 Å². The Labute approximate surface area is 175 Å². The van der Waals surface area contributed by atoms with E-state index in [1.807, 2.05) is 38.1 Å². The third-order valence-corrected chi connectivity index (χ3v) is 5.90. The quantitative estimate of drug-likeness (QED) is 0.589. The van der Waals surface area contributed by atoms with Gasteiger partial charge in [-0.05, 0) is 79.9 Å². The Morgan fingerprint density at radius 1 is 1.07 bits per heavy atom. The first-order chi connectivity index (χ1) is 14.0. The third-order valence-electron chi connectivity index (χ3n) is 5.67. The number of rotatable bonds is 5. The minimum absolute atomic E-state index is 0.0956. The molecule has 1 aliphatic rings. The van der Waals surface area contributed by atoms with Crippen LogP contribution in [0.15, 0.2) is 48.5 Å². The smallest absolute Gasteiger partial charge is 0.173 e. The lowest BCUT2D eigenvalue weighted by atomic mass is 9.88. The third kappa shape index (κ3) is 4.19. The van der Waals surface area contributed by atoms with Gasteiger partial charge in [-0.15, -0.1) is 5.10 Å². The maximum absolute atomic E-state index is 14.8. The second-order valence-corrected chi connectivity index (χ2v) is 8.30. The monoisotopic (exact) mass is 413 g/mol. The molecule has 0 amide bonds. The van der Waals surface area contributed by atoms with Crippen LogP contribution in [0, 0.1) is 5.82 Å². The summed E-state index contributed by atoms with van der Waals surface area (Å²) >= 11 is 6.18. The Kier molecular flexibility index (Phi) is 5.92. The summed E-state index contributed by atoms with van der Waals surface area (Å²) in [5, 5.41) is 13.1. The van der Waals surface area contributed by atoms with Crippen molar-refractivity contribution < 1.29 is 4.39 Å². The van der Waals surface area contributed by atoms with Crippen molar-refractivity contribution in [2.24, 2.45) is 0 Å². The van der Waals surface area contributed by atoms with Crippen molar-refractivity contribution in [3.63, 3.8) is 0 Å². The zero-order chi connectivity index (χ0) is 20.4. The van der Waals surface area contributed by atoms with Gasteiger partial charge in [-0.25, -0.2) is 9.07 Å². The molecule has 0 N–H and O–H groups in total. The second kappa shape index (κ2) is 8.59. The van der Waals surface area contributed by atoms with Crippen LogP contribution in [0.5, 0.6) is 0 Å². The molecule has 29 heavy (non-hydrogen) atoms. The molecular weight excluding hydrogens is 389 g/mol. The number of piperidine rings is 1.